The van der Waals surface area contributed by atoms with E-state index in [0.717, 1.165) is 30.4 Å². The van der Waals surface area contributed by atoms with Crippen molar-refractivity contribution in [3.63, 3.8) is 0 Å². The monoisotopic (exact) mass is 261 g/mol. The topological polar surface area (TPSA) is 42.1 Å². The largest absolute Gasteiger partial charge is 0.330 e. The van der Waals surface area contributed by atoms with Gasteiger partial charge in [0.15, 0.2) is 0 Å². The summed E-state index contributed by atoms with van der Waals surface area (Å²) in [6.45, 7) is 6.14. The third kappa shape index (κ3) is 3.77. The lowest BCUT2D eigenvalue weighted by Crippen LogP contribution is -2.44. The zero-order valence-electron chi connectivity index (χ0n) is 12.5. The Morgan fingerprint density at radius 1 is 1.37 bits per heavy atom. The van der Waals surface area contributed by atoms with Gasteiger partial charge in [-0.2, -0.15) is 0 Å². The molecule has 106 valence electrons. The van der Waals surface area contributed by atoms with E-state index in [9.17, 15) is 0 Å². The second kappa shape index (κ2) is 6.49. The van der Waals surface area contributed by atoms with Gasteiger partial charge in [0.05, 0.1) is 5.69 Å². The lowest BCUT2D eigenvalue weighted by Gasteiger charge is -2.40. The van der Waals surface area contributed by atoms with Crippen LogP contribution in [0.1, 0.15) is 37.6 Å². The van der Waals surface area contributed by atoms with E-state index < -0.39 is 0 Å². The van der Waals surface area contributed by atoms with E-state index in [1.165, 1.54) is 19.3 Å². The van der Waals surface area contributed by atoms with Crippen LogP contribution < -0.4 is 5.73 Å². The van der Waals surface area contributed by atoms with Crippen LogP contribution in [0.4, 0.5) is 0 Å². The van der Waals surface area contributed by atoms with E-state index in [-0.39, 0.29) is 0 Å². The van der Waals surface area contributed by atoms with Gasteiger partial charge in [0, 0.05) is 18.3 Å². The Hall–Kier alpha value is -0.930. The first-order valence-corrected chi connectivity index (χ1v) is 7.43. The van der Waals surface area contributed by atoms with Crippen molar-refractivity contribution in [3.8, 4) is 0 Å². The molecule has 0 aromatic carbocycles. The van der Waals surface area contributed by atoms with Gasteiger partial charge in [-0.1, -0.05) is 19.4 Å². The molecular formula is C16H27N3. The van der Waals surface area contributed by atoms with Crippen LogP contribution in [-0.4, -0.2) is 29.5 Å². The number of nitrogens with two attached hydrogens (primary N) is 1. The molecule has 3 heteroatoms. The quantitative estimate of drug-likeness (QED) is 0.906. The molecule has 1 heterocycles. The summed E-state index contributed by atoms with van der Waals surface area (Å²) in [7, 11) is 2.22. The van der Waals surface area contributed by atoms with E-state index in [1.54, 1.807) is 0 Å². The maximum atomic E-state index is 5.95. The van der Waals surface area contributed by atoms with Crippen LogP contribution in [0.25, 0.3) is 0 Å². The molecule has 1 aliphatic rings. The molecule has 19 heavy (non-hydrogen) atoms. The van der Waals surface area contributed by atoms with Crippen molar-refractivity contribution >= 4 is 0 Å². The molecule has 1 aliphatic carbocycles. The second-order valence-corrected chi connectivity index (χ2v) is 6.17. The number of rotatable bonds is 4. The highest BCUT2D eigenvalue weighted by atomic mass is 15.1. The second-order valence-electron chi connectivity index (χ2n) is 6.17. The summed E-state index contributed by atoms with van der Waals surface area (Å²) in [5.74, 6) is 1.46. The molecule has 0 saturated heterocycles. The van der Waals surface area contributed by atoms with Gasteiger partial charge < -0.3 is 5.73 Å². The number of nitrogens with zero attached hydrogens (tertiary/aromatic N) is 2. The Balaban J connectivity index is 2.02. The first-order chi connectivity index (χ1) is 9.10. The van der Waals surface area contributed by atoms with Crippen LogP contribution in [0.2, 0.25) is 0 Å². The van der Waals surface area contributed by atoms with Crippen LogP contribution in [0.15, 0.2) is 18.2 Å². The average molecular weight is 261 g/mol. The van der Waals surface area contributed by atoms with Gasteiger partial charge in [0.1, 0.15) is 0 Å². The van der Waals surface area contributed by atoms with Crippen molar-refractivity contribution in [2.24, 2.45) is 17.6 Å². The summed E-state index contributed by atoms with van der Waals surface area (Å²) in [6, 6.07) is 6.87. The Kier molecular flexibility index (Phi) is 4.94. The summed E-state index contributed by atoms with van der Waals surface area (Å²) in [4.78, 5) is 7.06. The van der Waals surface area contributed by atoms with Gasteiger partial charge >= 0.3 is 0 Å². The first kappa shape index (κ1) is 14.5. The normalized spacial score (nSPS) is 27.7. The summed E-state index contributed by atoms with van der Waals surface area (Å²) in [6.07, 6.45) is 3.87. The summed E-state index contributed by atoms with van der Waals surface area (Å²) < 4.78 is 0. The van der Waals surface area contributed by atoms with Crippen LogP contribution in [-0.2, 0) is 6.54 Å². The van der Waals surface area contributed by atoms with E-state index in [0.29, 0.717) is 12.0 Å². The molecule has 0 amide bonds. The fourth-order valence-corrected chi connectivity index (χ4v) is 3.29. The summed E-state index contributed by atoms with van der Waals surface area (Å²) in [5.41, 5.74) is 8.21. The molecule has 3 nitrogen and oxygen atoms in total. The third-order valence-corrected chi connectivity index (χ3v) is 4.44. The van der Waals surface area contributed by atoms with Gasteiger partial charge in [-0.15, -0.1) is 0 Å². The van der Waals surface area contributed by atoms with Gasteiger partial charge in [-0.25, -0.2) is 0 Å². The zero-order chi connectivity index (χ0) is 13.8. The minimum atomic E-state index is 0.607. The van der Waals surface area contributed by atoms with Crippen LogP contribution >= 0.6 is 0 Å². The Morgan fingerprint density at radius 2 is 2.16 bits per heavy atom. The molecule has 1 aromatic rings. The average Bonchev–Trinajstić information content (AvgIpc) is 2.38. The summed E-state index contributed by atoms with van der Waals surface area (Å²) >= 11 is 0. The zero-order valence-corrected chi connectivity index (χ0v) is 12.5. The molecule has 1 fully saturated rings. The maximum Gasteiger partial charge on any atom is 0.0547 e. The summed E-state index contributed by atoms with van der Waals surface area (Å²) in [5, 5.41) is 0. The van der Waals surface area contributed by atoms with Gasteiger partial charge in [-0.3, -0.25) is 9.88 Å². The minimum Gasteiger partial charge on any atom is -0.330 e. The van der Waals surface area contributed by atoms with Crippen LogP contribution in [0, 0.1) is 18.8 Å². The lowest BCUT2D eigenvalue weighted by molar-refractivity contribution is 0.102. The Labute approximate surface area is 117 Å². The number of hydrogen-bond donors (Lipinski definition) is 1. The SMILES string of the molecule is Cc1cccc(CN(C)C2CC(C)CCC2CN)n1. The molecule has 3 unspecified atom stereocenters. The van der Waals surface area contributed by atoms with Gasteiger partial charge in [0.2, 0.25) is 0 Å². The smallest absolute Gasteiger partial charge is 0.0547 e. The van der Waals surface area contributed by atoms with Crippen molar-refractivity contribution in [3.05, 3.63) is 29.6 Å². The Morgan fingerprint density at radius 3 is 2.84 bits per heavy atom. The predicted octanol–water partition coefficient (Wildman–Crippen LogP) is 2.59. The fourth-order valence-electron chi connectivity index (χ4n) is 3.29. The van der Waals surface area contributed by atoms with E-state index >= 15 is 0 Å². The highest BCUT2D eigenvalue weighted by Crippen LogP contribution is 2.31. The minimum absolute atomic E-state index is 0.607. The van der Waals surface area contributed by atoms with Crippen molar-refractivity contribution in [1.82, 2.24) is 9.88 Å². The molecule has 1 saturated carbocycles. The molecule has 0 aliphatic heterocycles. The van der Waals surface area contributed by atoms with Crippen LogP contribution in [0.3, 0.4) is 0 Å². The number of aromatic nitrogens is 1. The molecule has 2 N–H and O–H groups in total. The van der Waals surface area contributed by atoms with Crippen LogP contribution in [0.5, 0.6) is 0 Å². The highest BCUT2D eigenvalue weighted by molar-refractivity contribution is 5.10. The van der Waals surface area contributed by atoms with E-state index in [2.05, 4.69) is 49.0 Å². The molecule has 0 spiro atoms. The first-order valence-electron chi connectivity index (χ1n) is 7.43. The third-order valence-electron chi connectivity index (χ3n) is 4.44. The Bertz CT molecular complexity index is 405. The fraction of sp³-hybridized carbons (Fsp3) is 0.688. The van der Waals surface area contributed by atoms with Gasteiger partial charge in [-0.05, 0) is 57.3 Å². The van der Waals surface area contributed by atoms with E-state index in [4.69, 9.17) is 5.73 Å². The standard InChI is InChI=1S/C16H27N3/c1-12-7-8-14(10-17)16(9-12)19(3)11-15-6-4-5-13(2)18-15/h4-6,12,14,16H,7-11,17H2,1-3H3. The number of aryl methyl sites for hydroxylation is 1. The van der Waals surface area contributed by atoms with Gasteiger partial charge in [0.25, 0.3) is 0 Å². The van der Waals surface area contributed by atoms with Crippen molar-refractivity contribution in [2.45, 2.75) is 45.7 Å². The predicted molar refractivity (Wildman–Crippen MR) is 79.8 cm³/mol. The molecular weight excluding hydrogens is 234 g/mol. The molecule has 3 atom stereocenters. The molecule has 0 radical (unpaired) electrons. The molecule has 2 rings (SSSR count). The highest BCUT2D eigenvalue weighted by Gasteiger charge is 2.30. The maximum absolute atomic E-state index is 5.95. The van der Waals surface area contributed by atoms with Crippen molar-refractivity contribution in [1.29, 1.82) is 0 Å². The molecule has 0 bridgehead atoms. The van der Waals surface area contributed by atoms with Crippen molar-refractivity contribution in [2.75, 3.05) is 13.6 Å². The lowest BCUT2D eigenvalue weighted by atomic mass is 9.78. The van der Waals surface area contributed by atoms with Crippen molar-refractivity contribution < 1.29 is 0 Å². The van der Waals surface area contributed by atoms with E-state index in [1.807, 2.05) is 0 Å². The molecule has 1 aromatic heterocycles. The number of pyridine rings is 1. The number of hydrogen-bond acceptors (Lipinski definition) is 3.